The lowest BCUT2D eigenvalue weighted by Gasteiger charge is -2.22. The Hall–Kier alpha value is -1.96. The summed E-state index contributed by atoms with van der Waals surface area (Å²) in [6.45, 7) is 4.70. The molecule has 0 saturated carbocycles. The molecule has 0 unspecified atom stereocenters. The molecule has 7 nitrogen and oxygen atoms in total. The fourth-order valence-corrected chi connectivity index (χ4v) is 2.32. The standard InChI is InChI=1S/C14H20FN3O4/c1-8(2)11(19)21-7-9-6-14(3,15)12(22-9)18-5-4-10(16)17-13(18)20/h4-5,8-9,12H,6-7H2,1-3H3,(H2,16,17,20)/t9-,12+,14+/m0/s1. The monoisotopic (exact) mass is 313 g/mol. The van der Waals surface area contributed by atoms with Crippen LogP contribution in [0.2, 0.25) is 0 Å². The van der Waals surface area contributed by atoms with Gasteiger partial charge in [0.05, 0.1) is 12.0 Å². The Morgan fingerprint density at radius 2 is 2.36 bits per heavy atom. The zero-order chi connectivity index (χ0) is 16.5. The Labute approximate surface area is 127 Å². The number of halogens is 1. The summed E-state index contributed by atoms with van der Waals surface area (Å²) in [6, 6.07) is 1.40. The number of hydrogen-bond donors (Lipinski definition) is 1. The van der Waals surface area contributed by atoms with E-state index >= 15 is 0 Å². The largest absolute Gasteiger partial charge is 0.463 e. The molecular weight excluding hydrogens is 293 g/mol. The van der Waals surface area contributed by atoms with Crippen LogP contribution in [0.1, 0.15) is 33.4 Å². The second kappa shape index (κ2) is 6.04. The third kappa shape index (κ3) is 3.44. The van der Waals surface area contributed by atoms with E-state index in [0.29, 0.717) is 0 Å². The molecular formula is C14H20FN3O4. The van der Waals surface area contributed by atoms with Crippen molar-refractivity contribution in [2.75, 3.05) is 12.3 Å². The van der Waals surface area contributed by atoms with Crippen LogP contribution in [0.3, 0.4) is 0 Å². The molecule has 3 atom stereocenters. The number of rotatable bonds is 4. The average molecular weight is 313 g/mol. The second-order valence-electron chi connectivity index (χ2n) is 5.92. The molecule has 0 radical (unpaired) electrons. The van der Waals surface area contributed by atoms with Gasteiger partial charge < -0.3 is 15.2 Å². The average Bonchev–Trinajstić information content (AvgIpc) is 2.71. The zero-order valence-electron chi connectivity index (χ0n) is 12.8. The Bertz CT molecular complexity index is 614. The maximum atomic E-state index is 14.7. The maximum Gasteiger partial charge on any atom is 0.351 e. The van der Waals surface area contributed by atoms with E-state index in [0.717, 1.165) is 4.57 Å². The first kappa shape index (κ1) is 16.4. The van der Waals surface area contributed by atoms with Crippen molar-refractivity contribution in [2.45, 2.75) is 45.2 Å². The molecule has 2 heterocycles. The fraction of sp³-hybridized carbons (Fsp3) is 0.643. The zero-order valence-corrected chi connectivity index (χ0v) is 12.8. The summed E-state index contributed by atoms with van der Waals surface area (Å²) in [5.41, 5.74) is 2.95. The quantitative estimate of drug-likeness (QED) is 0.834. The van der Waals surface area contributed by atoms with Crippen LogP contribution in [0.5, 0.6) is 0 Å². The predicted octanol–water partition coefficient (Wildman–Crippen LogP) is 1.04. The van der Waals surface area contributed by atoms with E-state index in [4.69, 9.17) is 15.2 Å². The minimum absolute atomic E-state index is 0.0137. The van der Waals surface area contributed by atoms with Gasteiger partial charge in [-0.25, -0.2) is 9.18 Å². The van der Waals surface area contributed by atoms with Gasteiger partial charge in [-0.1, -0.05) is 13.8 Å². The number of nitrogens with zero attached hydrogens (tertiary/aromatic N) is 2. The number of nitrogens with two attached hydrogens (primary N) is 1. The van der Waals surface area contributed by atoms with E-state index in [2.05, 4.69) is 4.98 Å². The van der Waals surface area contributed by atoms with Gasteiger partial charge in [0.1, 0.15) is 12.4 Å². The van der Waals surface area contributed by atoms with Crippen molar-refractivity contribution in [3.8, 4) is 0 Å². The normalized spacial score (nSPS) is 28.0. The van der Waals surface area contributed by atoms with Crippen LogP contribution in [0.4, 0.5) is 10.2 Å². The molecule has 22 heavy (non-hydrogen) atoms. The first-order chi connectivity index (χ1) is 10.2. The number of carbonyl (C=O) groups excluding carboxylic acids is 1. The van der Waals surface area contributed by atoms with Gasteiger partial charge in [-0.2, -0.15) is 4.98 Å². The van der Waals surface area contributed by atoms with Gasteiger partial charge in [0.2, 0.25) is 0 Å². The first-order valence-electron chi connectivity index (χ1n) is 7.06. The molecule has 1 saturated heterocycles. The highest BCUT2D eigenvalue weighted by atomic mass is 19.1. The Morgan fingerprint density at radius 1 is 1.68 bits per heavy atom. The van der Waals surface area contributed by atoms with Gasteiger partial charge in [0.15, 0.2) is 11.9 Å². The molecule has 0 aliphatic carbocycles. The summed E-state index contributed by atoms with van der Waals surface area (Å²) < 4.78 is 26.4. The number of esters is 1. The van der Waals surface area contributed by atoms with Crippen molar-refractivity contribution in [3.05, 3.63) is 22.7 Å². The summed E-state index contributed by atoms with van der Waals surface area (Å²) >= 11 is 0. The number of alkyl halides is 1. The minimum atomic E-state index is -1.78. The lowest BCUT2D eigenvalue weighted by atomic mass is 10.0. The van der Waals surface area contributed by atoms with Crippen LogP contribution in [-0.4, -0.2) is 33.9 Å². The highest BCUT2D eigenvalue weighted by Crippen LogP contribution is 2.40. The lowest BCUT2D eigenvalue weighted by molar-refractivity contribution is -0.152. The summed E-state index contributed by atoms with van der Waals surface area (Å²) in [6.07, 6.45) is -0.391. The molecule has 1 aromatic heterocycles. The van der Waals surface area contributed by atoms with Crippen molar-refractivity contribution in [1.82, 2.24) is 9.55 Å². The van der Waals surface area contributed by atoms with Crippen LogP contribution in [0.25, 0.3) is 0 Å². The highest BCUT2D eigenvalue weighted by molar-refractivity contribution is 5.71. The van der Waals surface area contributed by atoms with Gasteiger partial charge in [-0.05, 0) is 13.0 Å². The number of aromatic nitrogens is 2. The van der Waals surface area contributed by atoms with Crippen molar-refractivity contribution < 1.29 is 18.7 Å². The number of nitrogen functional groups attached to an aromatic ring is 1. The van der Waals surface area contributed by atoms with E-state index < -0.39 is 23.7 Å². The Balaban J connectivity index is 2.10. The van der Waals surface area contributed by atoms with E-state index in [9.17, 15) is 14.0 Å². The molecule has 1 aliphatic heterocycles. The summed E-state index contributed by atoms with van der Waals surface area (Å²) in [7, 11) is 0. The lowest BCUT2D eigenvalue weighted by Crippen LogP contribution is -2.35. The molecule has 8 heteroatoms. The molecule has 0 bridgehead atoms. The van der Waals surface area contributed by atoms with Gasteiger partial charge in [0.25, 0.3) is 0 Å². The number of ether oxygens (including phenoxy) is 2. The SMILES string of the molecule is CC(C)C(=O)OC[C@@H]1C[C@@](C)(F)[C@H](n2ccc(N)nc2=O)O1. The van der Waals surface area contributed by atoms with Gasteiger partial charge in [-0.15, -0.1) is 0 Å². The van der Waals surface area contributed by atoms with Gasteiger partial charge in [0, 0.05) is 12.6 Å². The van der Waals surface area contributed by atoms with E-state index in [1.54, 1.807) is 13.8 Å². The molecule has 0 aromatic carbocycles. The Morgan fingerprint density at radius 3 is 2.95 bits per heavy atom. The van der Waals surface area contributed by atoms with Crippen LogP contribution in [0, 0.1) is 5.92 Å². The molecule has 1 aliphatic rings. The number of hydrogen-bond acceptors (Lipinski definition) is 6. The van der Waals surface area contributed by atoms with Crippen LogP contribution in [-0.2, 0) is 14.3 Å². The van der Waals surface area contributed by atoms with Gasteiger partial charge >= 0.3 is 11.7 Å². The predicted molar refractivity (Wildman–Crippen MR) is 76.7 cm³/mol. The van der Waals surface area contributed by atoms with Crippen LogP contribution < -0.4 is 11.4 Å². The maximum absolute atomic E-state index is 14.7. The van der Waals surface area contributed by atoms with Crippen molar-refractivity contribution in [2.24, 2.45) is 5.92 Å². The van der Waals surface area contributed by atoms with Crippen LogP contribution in [0.15, 0.2) is 17.1 Å². The smallest absolute Gasteiger partial charge is 0.351 e. The molecule has 2 rings (SSSR count). The summed E-state index contributed by atoms with van der Waals surface area (Å²) in [5.74, 6) is -0.584. The van der Waals surface area contributed by atoms with E-state index in [-0.39, 0.29) is 30.7 Å². The first-order valence-corrected chi connectivity index (χ1v) is 7.06. The van der Waals surface area contributed by atoms with Crippen molar-refractivity contribution >= 4 is 11.8 Å². The second-order valence-corrected chi connectivity index (χ2v) is 5.92. The molecule has 0 amide bonds. The third-order valence-electron chi connectivity index (χ3n) is 3.45. The minimum Gasteiger partial charge on any atom is -0.463 e. The van der Waals surface area contributed by atoms with Crippen molar-refractivity contribution in [1.29, 1.82) is 0 Å². The number of anilines is 1. The summed E-state index contributed by atoms with van der Waals surface area (Å²) in [5, 5.41) is 0. The fourth-order valence-electron chi connectivity index (χ4n) is 2.32. The molecule has 0 spiro atoms. The van der Waals surface area contributed by atoms with Gasteiger partial charge in [-0.3, -0.25) is 9.36 Å². The molecule has 1 aromatic rings. The van der Waals surface area contributed by atoms with Crippen LogP contribution >= 0.6 is 0 Å². The highest BCUT2D eigenvalue weighted by Gasteiger charge is 2.47. The molecule has 2 N–H and O–H groups in total. The van der Waals surface area contributed by atoms with E-state index in [1.165, 1.54) is 19.2 Å². The molecule has 122 valence electrons. The summed E-state index contributed by atoms with van der Waals surface area (Å²) in [4.78, 5) is 26.8. The number of carbonyl (C=O) groups is 1. The molecule has 1 fully saturated rings. The van der Waals surface area contributed by atoms with E-state index in [1.807, 2.05) is 0 Å². The topological polar surface area (TPSA) is 96.4 Å². The Kier molecular flexibility index (Phi) is 4.50. The third-order valence-corrected chi connectivity index (χ3v) is 3.45. The van der Waals surface area contributed by atoms with Crippen molar-refractivity contribution in [3.63, 3.8) is 0 Å².